The van der Waals surface area contributed by atoms with E-state index in [-0.39, 0.29) is 5.92 Å². The zero-order valence-electron chi connectivity index (χ0n) is 16.4. The van der Waals surface area contributed by atoms with Crippen molar-refractivity contribution in [2.75, 3.05) is 13.2 Å². The summed E-state index contributed by atoms with van der Waals surface area (Å²) in [6.45, 7) is 2.88. The van der Waals surface area contributed by atoms with E-state index in [0.717, 1.165) is 22.3 Å². The van der Waals surface area contributed by atoms with E-state index in [1.165, 1.54) is 0 Å². The molecule has 6 nitrogen and oxygen atoms in total. The van der Waals surface area contributed by atoms with Gasteiger partial charge in [0, 0.05) is 18.9 Å². The Labute approximate surface area is 169 Å². The number of hydrogen-bond acceptors (Lipinski definition) is 5. The maximum atomic E-state index is 12.4. The molecule has 0 fully saturated rings. The predicted molar refractivity (Wildman–Crippen MR) is 106 cm³/mol. The first-order valence-corrected chi connectivity index (χ1v) is 9.93. The summed E-state index contributed by atoms with van der Waals surface area (Å²) < 4.78 is 17.1. The number of rotatable bonds is 7. The molecule has 1 aliphatic heterocycles. The number of aromatic nitrogens is 1. The summed E-state index contributed by atoms with van der Waals surface area (Å²) in [5, 5.41) is 10.1. The Hall–Kier alpha value is -2.86. The lowest BCUT2D eigenvalue weighted by Gasteiger charge is -2.40. The van der Waals surface area contributed by atoms with Gasteiger partial charge in [0.15, 0.2) is 5.89 Å². The van der Waals surface area contributed by atoms with E-state index in [9.17, 15) is 9.90 Å². The third-order valence-corrected chi connectivity index (χ3v) is 5.66. The quantitative estimate of drug-likeness (QED) is 0.711. The Morgan fingerprint density at radius 3 is 2.86 bits per heavy atom. The van der Waals surface area contributed by atoms with E-state index in [2.05, 4.69) is 4.98 Å². The number of carboxylic acids is 1. The first-order chi connectivity index (χ1) is 14.1. The minimum atomic E-state index is -0.831. The first kappa shape index (κ1) is 19.5. The Bertz CT molecular complexity index is 901. The topological polar surface area (TPSA) is 81.8 Å². The van der Waals surface area contributed by atoms with E-state index in [0.29, 0.717) is 38.4 Å². The van der Waals surface area contributed by atoms with Crippen molar-refractivity contribution < 1.29 is 23.8 Å². The van der Waals surface area contributed by atoms with Crippen molar-refractivity contribution in [3.8, 4) is 0 Å². The fraction of sp³-hybridized carbons (Fsp3) is 0.391. The molecule has 0 radical (unpaired) electrons. The van der Waals surface area contributed by atoms with Crippen molar-refractivity contribution in [1.82, 2.24) is 4.98 Å². The summed E-state index contributed by atoms with van der Waals surface area (Å²) >= 11 is 0. The normalized spacial score (nSPS) is 23.9. The maximum Gasteiger partial charge on any atom is 0.310 e. The number of benzene rings is 1. The number of ether oxygens (including phenoxy) is 2. The molecule has 1 aromatic heterocycles. The van der Waals surface area contributed by atoms with E-state index in [1.54, 1.807) is 18.7 Å². The molecule has 0 spiro atoms. The van der Waals surface area contributed by atoms with Gasteiger partial charge in [-0.3, -0.25) is 4.79 Å². The number of carboxylic acid groups (broad SMARTS) is 1. The van der Waals surface area contributed by atoms with Gasteiger partial charge >= 0.3 is 5.97 Å². The molecule has 152 valence electrons. The van der Waals surface area contributed by atoms with Crippen LogP contribution in [-0.4, -0.2) is 35.4 Å². The molecule has 0 bridgehead atoms. The summed E-state index contributed by atoms with van der Waals surface area (Å²) in [5.41, 5.74) is 4.09. The van der Waals surface area contributed by atoms with Crippen LogP contribution in [0.2, 0.25) is 0 Å². The van der Waals surface area contributed by atoms with Gasteiger partial charge in [-0.25, -0.2) is 4.98 Å². The minimum absolute atomic E-state index is 0.154. The predicted octanol–water partition coefficient (Wildman–Crippen LogP) is 4.11. The highest BCUT2D eigenvalue weighted by molar-refractivity contribution is 5.74. The maximum absolute atomic E-state index is 12.4. The number of aliphatic carboxylic acids is 1. The van der Waals surface area contributed by atoms with E-state index >= 15 is 0 Å². The highest BCUT2D eigenvalue weighted by atomic mass is 16.5. The average Bonchev–Trinajstić information content (AvgIpc) is 3.24. The molecule has 0 saturated heterocycles. The van der Waals surface area contributed by atoms with Crippen LogP contribution in [0, 0.1) is 5.92 Å². The molecule has 3 unspecified atom stereocenters. The molecule has 3 atom stereocenters. The Balaban J connectivity index is 1.60. The van der Waals surface area contributed by atoms with Crippen LogP contribution in [0.4, 0.5) is 0 Å². The van der Waals surface area contributed by atoms with Gasteiger partial charge in [-0.05, 0) is 42.0 Å². The van der Waals surface area contributed by atoms with E-state index < -0.39 is 18.0 Å². The molecule has 29 heavy (non-hydrogen) atoms. The van der Waals surface area contributed by atoms with Crippen molar-refractivity contribution in [2.24, 2.45) is 5.92 Å². The SMILES string of the molecule is CC1=COCC2=C1C(OCCCc1ncco1)C(C(=O)O)C(c1ccccc1)C2. The fourth-order valence-corrected chi connectivity index (χ4v) is 4.39. The molecule has 2 heterocycles. The van der Waals surface area contributed by atoms with Gasteiger partial charge in [0.05, 0.1) is 24.5 Å². The van der Waals surface area contributed by atoms with Crippen LogP contribution in [0.5, 0.6) is 0 Å². The van der Waals surface area contributed by atoms with Crippen LogP contribution >= 0.6 is 0 Å². The summed E-state index contributed by atoms with van der Waals surface area (Å²) in [4.78, 5) is 16.5. The molecule has 0 amide bonds. The molecular weight excluding hydrogens is 370 g/mol. The monoisotopic (exact) mass is 395 g/mol. The van der Waals surface area contributed by atoms with Gasteiger partial charge < -0.3 is 19.0 Å². The Morgan fingerprint density at radius 1 is 1.31 bits per heavy atom. The largest absolute Gasteiger partial charge is 0.497 e. The van der Waals surface area contributed by atoms with Gasteiger partial charge in [-0.15, -0.1) is 0 Å². The van der Waals surface area contributed by atoms with Crippen LogP contribution in [0.3, 0.4) is 0 Å². The van der Waals surface area contributed by atoms with Crippen molar-refractivity contribution in [3.63, 3.8) is 0 Å². The molecule has 2 aromatic rings. The highest BCUT2D eigenvalue weighted by Crippen LogP contribution is 2.45. The molecule has 4 rings (SSSR count). The highest BCUT2D eigenvalue weighted by Gasteiger charge is 2.45. The van der Waals surface area contributed by atoms with Crippen LogP contribution < -0.4 is 0 Å². The van der Waals surface area contributed by atoms with Gasteiger partial charge in [0.25, 0.3) is 0 Å². The molecule has 1 aromatic carbocycles. The van der Waals surface area contributed by atoms with Gasteiger partial charge in [0.2, 0.25) is 0 Å². The lowest BCUT2D eigenvalue weighted by atomic mass is 9.69. The third-order valence-electron chi connectivity index (χ3n) is 5.66. The third kappa shape index (κ3) is 4.12. The van der Waals surface area contributed by atoms with Crippen molar-refractivity contribution in [3.05, 3.63) is 77.2 Å². The van der Waals surface area contributed by atoms with E-state index in [4.69, 9.17) is 13.9 Å². The molecule has 6 heteroatoms. The summed E-state index contributed by atoms with van der Waals surface area (Å²) in [7, 11) is 0. The van der Waals surface area contributed by atoms with E-state index in [1.807, 2.05) is 37.3 Å². The second-order valence-electron chi connectivity index (χ2n) is 7.54. The van der Waals surface area contributed by atoms with Crippen molar-refractivity contribution >= 4 is 5.97 Å². The van der Waals surface area contributed by atoms with Crippen LogP contribution in [0.15, 0.2) is 70.2 Å². The first-order valence-electron chi connectivity index (χ1n) is 9.93. The Morgan fingerprint density at radius 2 is 2.14 bits per heavy atom. The van der Waals surface area contributed by atoms with Crippen LogP contribution in [-0.2, 0) is 20.7 Å². The zero-order chi connectivity index (χ0) is 20.2. The smallest absolute Gasteiger partial charge is 0.310 e. The van der Waals surface area contributed by atoms with Crippen LogP contribution in [0.25, 0.3) is 0 Å². The number of hydrogen-bond donors (Lipinski definition) is 1. The second kappa shape index (κ2) is 8.66. The minimum Gasteiger partial charge on any atom is -0.497 e. The summed E-state index contributed by atoms with van der Waals surface area (Å²) in [6, 6.07) is 9.84. The number of nitrogens with zero attached hydrogens (tertiary/aromatic N) is 1. The summed E-state index contributed by atoms with van der Waals surface area (Å²) in [6.07, 6.45) is 6.41. The van der Waals surface area contributed by atoms with Crippen LogP contribution in [0.1, 0.15) is 37.1 Å². The number of carbonyl (C=O) groups is 1. The van der Waals surface area contributed by atoms with Gasteiger partial charge in [-0.1, -0.05) is 30.3 Å². The summed E-state index contributed by atoms with van der Waals surface area (Å²) in [5.74, 6) is -0.975. The Kier molecular flexibility index (Phi) is 5.81. The lowest BCUT2D eigenvalue weighted by molar-refractivity contribution is -0.148. The van der Waals surface area contributed by atoms with Crippen molar-refractivity contribution in [1.29, 1.82) is 0 Å². The molecular formula is C23H25NO5. The number of aryl methyl sites for hydroxylation is 1. The molecule has 1 aliphatic carbocycles. The van der Waals surface area contributed by atoms with Gasteiger partial charge in [-0.2, -0.15) is 0 Å². The second-order valence-corrected chi connectivity index (χ2v) is 7.54. The number of oxazole rings is 1. The standard InChI is InChI=1S/C23H25NO5/c1-15-13-27-14-17-12-18(16-6-3-2-4-7-16)21(23(25)26)22(20(15)17)29-10-5-8-19-24-9-11-28-19/h2-4,6-7,9,11,13,18,21-22H,5,8,10,12,14H2,1H3,(H,25,26). The molecule has 2 aliphatic rings. The molecule has 1 N–H and O–H groups in total. The van der Waals surface area contributed by atoms with Crippen molar-refractivity contribution in [2.45, 2.75) is 38.2 Å². The average molecular weight is 395 g/mol. The fourth-order valence-electron chi connectivity index (χ4n) is 4.39. The zero-order valence-corrected chi connectivity index (χ0v) is 16.4. The van der Waals surface area contributed by atoms with Gasteiger partial charge in [0.1, 0.15) is 12.9 Å². The lowest BCUT2D eigenvalue weighted by Crippen LogP contribution is -2.42. The molecule has 0 saturated carbocycles.